The van der Waals surface area contributed by atoms with Crippen molar-refractivity contribution in [2.75, 3.05) is 30.1 Å². The van der Waals surface area contributed by atoms with Crippen LogP contribution in [0.5, 0.6) is 11.5 Å². The van der Waals surface area contributed by atoms with Crippen molar-refractivity contribution in [3.05, 3.63) is 47.0 Å². The molecule has 0 fully saturated rings. The van der Waals surface area contributed by atoms with E-state index in [0.29, 0.717) is 33.5 Å². The maximum absolute atomic E-state index is 13.1. The van der Waals surface area contributed by atoms with Crippen LogP contribution in [0, 0.1) is 6.92 Å². The van der Waals surface area contributed by atoms with E-state index < -0.39 is 22.0 Å². The van der Waals surface area contributed by atoms with Gasteiger partial charge in [-0.15, -0.1) is 0 Å². The summed E-state index contributed by atoms with van der Waals surface area (Å²) in [7, 11) is -0.772. The molecular formula is C20H25ClN2O5S. The lowest BCUT2D eigenvalue weighted by atomic mass is 10.1. The summed E-state index contributed by atoms with van der Waals surface area (Å²) in [5, 5.41) is 3.14. The standard InChI is InChI=1S/C20H25ClN2O5S/c1-6-17(20(24)22-16-10-9-15(27-3)12-19(16)28-4)23(29(5,25)26)18-11-14(21)8-7-13(18)2/h7-12,17H,6H2,1-5H3,(H,22,24)/t17-/m1/s1. The van der Waals surface area contributed by atoms with Crippen molar-refractivity contribution in [3.8, 4) is 11.5 Å². The highest BCUT2D eigenvalue weighted by molar-refractivity contribution is 7.92. The Balaban J connectivity index is 2.46. The van der Waals surface area contributed by atoms with Crippen LogP contribution in [0.3, 0.4) is 0 Å². The molecule has 1 amide bonds. The molecule has 2 rings (SSSR count). The number of hydrogen-bond donors (Lipinski definition) is 1. The predicted octanol–water partition coefficient (Wildman–Crippen LogP) is 3.85. The molecule has 0 heterocycles. The van der Waals surface area contributed by atoms with E-state index in [2.05, 4.69) is 5.32 Å². The first-order chi connectivity index (χ1) is 13.6. The number of benzene rings is 2. The van der Waals surface area contributed by atoms with Gasteiger partial charge in [0.1, 0.15) is 17.5 Å². The van der Waals surface area contributed by atoms with Gasteiger partial charge in [0.05, 0.1) is 31.9 Å². The van der Waals surface area contributed by atoms with Gasteiger partial charge in [-0.1, -0.05) is 24.6 Å². The van der Waals surface area contributed by atoms with Crippen LogP contribution in [0.25, 0.3) is 0 Å². The first-order valence-electron chi connectivity index (χ1n) is 8.90. The highest BCUT2D eigenvalue weighted by Gasteiger charge is 2.33. The van der Waals surface area contributed by atoms with E-state index in [1.807, 2.05) is 0 Å². The average Bonchev–Trinajstić information content (AvgIpc) is 2.67. The molecule has 9 heteroatoms. The number of nitrogens with zero attached hydrogens (tertiary/aromatic N) is 1. The number of halogens is 1. The first kappa shape index (κ1) is 22.8. The number of aryl methyl sites for hydroxylation is 1. The second-order valence-corrected chi connectivity index (χ2v) is 8.77. The molecule has 0 spiro atoms. The van der Waals surface area contributed by atoms with Crippen LogP contribution in [-0.2, 0) is 14.8 Å². The molecule has 0 aromatic heterocycles. The van der Waals surface area contributed by atoms with Crippen molar-refractivity contribution in [1.82, 2.24) is 0 Å². The highest BCUT2D eigenvalue weighted by atomic mass is 35.5. The summed E-state index contributed by atoms with van der Waals surface area (Å²) in [5.74, 6) is 0.484. The summed E-state index contributed by atoms with van der Waals surface area (Å²) in [6, 6.07) is 8.89. The number of carbonyl (C=O) groups excluding carboxylic acids is 1. The van der Waals surface area contributed by atoms with E-state index in [1.54, 1.807) is 50.2 Å². The van der Waals surface area contributed by atoms with Crippen molar-refractivity contribution in [2.24, 2.45) is 0 Å². The Kier molecular flexibility index (Phi) is 7.37. The molecule has 1 atom stereocenters. The van der Waals surface area contributed by atoms with Crippen LogP contribution in [0.1, 0.15) is 18.9 Å². The lowest BCUT2D eigenvalue weighted by Gasteiger charge is -2.31. The van der Waals surface area contributed by atoms with E-state index >= 15 is 0 Å². The van der Waals surface area contributed by atoms with Gasteiger partial charge in [0.15, 0.2) is 0 Å². The quantitative estimate of drug-likeness (QED) is 0.673. The molecule has 1 N–H and O–H groups in total. The maximum Gasteiger partial charge on any atom is 0.248 e. The minimum atomic E-state index is -3.77. The lowest BCUT2D eigenvalue weighted by molar-refractivity contribution is -0.117. The molecule has 29 heavy (non-hydrogen) atoms. The van der Waals surface area contributed by atoms with Gasteiger partial charge in [0.25, 0.3) is 0 Å². The normalized spacial score (nSPS) is 12.2. The van der Waals surface area contributed by atoms with E-state index in [4.69, 9.17) is 21.1 Å². The fraction of sp³-hybridized carbons (Fsp3) is 0.350. The molecule has 7 nitrogen and oxygen atoms in total. The number of anilines is 2. The van der Waals surface area contributed by atoms with Crippen molar-refractivity contribution >= 4 is 38.9 Å². The third-order valence-corrected chi connectivity index (χ3v) is 5.81. The van der Waals surface area contributed by atoms with Gasteiger partial charge in [-0.3, -0.25) is 9.10 Å². The topological polar surface area (TPSA) is 84.9 Å². The van der Waals surface area contributed by atoms with Gasteiger partial charge in [-0.05, 0) is 43.2 Å². The van der Waals surface area contributed by atoms with Crippen molar-refractivity contribution in [1.29, 1.82) is 0 Å². The Morgan fingerprint density at radius 2 is 1.86 bits per heavy atom. The van der Waals surface area contributed by atoms with Crippen LogP contribution in [0.2, 0.25) is 5.02 Å². The third-order valence-electron chi connectivity index (χ3n) is 4.40. The summed E-state index contributed by atoms with van der Waals surface area (Å²) in [5.41, 5.74) is 1.46. The predicted molar refractivity (Wildman–Crippen MR) is 116 cm³/mol. The number of ether oxygens (including phenoxy) is 2. The Bertz CT molecular complexity index is 994. The zero-order valence-corrected chi connectivity index (χ0v) is 18.6. The summed E-state index contributed by atoms with van der Waals surface area (Å²) in [6.45, 7) is 3.51. The number of hydrogen-bond acceptors (Lipinski definition) is 5. The van der Waals surface area contributed by atoms with Crippen LogP contribution < -0.4 is 19.1 Å². The molecule has 0 aliphatic rings. The summed E-state index contributed by atoms with van der Waals surface area (Å²) < 4.78 is 36.8. The molecule has 0 saturated heterocycles. The number of carbonyl (C=O) groups is 1. The molecule has 2 aromatic rings. The van der Waals surface area contributed by atoms with Gasteiger partial charge in [-0.25, -0.2) is 8.42 Å². The summed E-state index contributed by atoms with van der Waals surface area (Å²) >= 11 is 6.09. The average molecular weight is 441 g/mol. The first-order valence-corrected chi connectivity index (χ1v) is 11.1. The Labute approximate surface area is 176 Å². The van der Waals surface area contributed by atoms with Gasteiger partial charge in [-0.2, -0.15) is 0 Å². The number of sulfonamides is 1. The zero-order chi connectivity index (χ0) is 21.8. The Morgan fingerprint density at radius 3 is 2.41 bits per heavy atom. The zero-order valence-electron chi connectivity index (χ0n) is 17.0. The monoisotopic (exact) mass is 440 g/mol. The fourth-order valence-electron chi connectivity index (χ4n) is 2.97. The summed E-state index contributed by atoms with van der Waals surface area (Å²) in [6.07, 6.45) is 1.32. The van der Waals surface area contributed by atoms with Crippen LogP contribution in [-0.4, -0.2) is 40.8 Å². The number of rotatable bonds is 8. The molecular weight excluding hydrogens is 416 g/mol. The Hall–Kier alpha value is -2.45. The van der Waals surface area contributed by atoms with Crippen molar-refractivity contribution in [2.45, 2.75) is 26.3 Å². The molecule has 158 valence electrons. The van der Waals surface area contributed by atoms with Crippen LogP contribution in [0.15, 0.2) is 36.4 Å². The maximum atomic E-state index is 13.1. The molecule has 0 bridgehead atoms. The molecule has 0 unspecified atom stereocenters. The fourth-order valence-corrected chi connectivity index (χ4v) is 4.40. The second-order valence-electron chi connectivity index (χ2n) is 6.47. The van der Waals surface area contributed by atoms with Crippen LogP contribution in [0.4, 0.5) is 11.4 Å². The molecule has 0 aliphatic carbocycles. The Morgan fingerprint density at radius 1 is 1.17 bits per heavy atom. The van der Waals surface area contributed by atoms with E-state index in [0.717, 1.165) is 10.6 Å². The molecule has 2 aromatic carbocycles. The number of nitrogens with one attached hydrogen (secondary N) is 1. The van der Waals surface area contributed by atoms with Gasteiger partial charge in [0, 0.05) is 11.1 Å². The van der Waals surface area contributed by atoms with Gasteiger partial charge < -0.3 is 14.8 Å². The van der Waals surface area contributed by atoms with E-state index in [-0.39, 0.29) is 6.42 Å². The van der Waals surface area contributed by atoms with E-state index in [1.165, 1.54) is 14.2 Å². The number of amides is 1. The van der Waals surface area contributed by atoms with Crippen molar-refractivity contribution < 1.29 is 22.7 Å². The smallest absolute Gasteiger partial charge is 0.248 e. The highest BCUT2D eigenvalue weighted by Crippen LogP contribution is 2.32. The SMILES string of the molecule is CC[C@H](C(=O)Nc1ccc(OC)cc1OC)N(c1cc(Cl)ccc1C)S(C)(=O)=O. The van der Waals surface area contributed by atoms with Crippen molar-refractivity contribution in [3.63, 3.8) is 0 Å². The second kappa shape index (κ2) is 9.37. The molecule has 0 aliphatic heterocycles. The summed E-state index contributed by atoms with van der Waals surface area (Å²) in [4.78, 5) is 13.1. The lowest BCUT2D eigenvalue weighted by Crippen LogP contribution is -2.47. The van der Waals surface area contributed by atoms with E-state index in [9.17, 15) is 13.2 Å². The minimum Gasteiger partial charge on any atom is -0.497 e. The number of methoxy groups -OCH3 is 2. The van der Waals surface area contributed by atoms with Gasteiger partial charge in [0.2, 0.25) is 15.9 Å². The third kappa shape index (κ3) is 5.33. The molecule has 0 saturated carbocycles. The molecule has 0 radical (unpaired) electrons. The van der Waals surface area contributed by atoms with Crippen LogP contribution >= 0.6 is 11.6 Å². The minimum absolute atomic E-state index is 0.253. The van der Waals surface area contributed by atoms with Gasteiger partial charge >= 0.3 is 0 Å². The largest absolute Gasteiger partial charge is 0.497 e.